The Morgan fingerprint density at radius 1 is 1.46 bits per heavy atom. The highest BCUT2D eigenvalue weighted by atomic mass is 15.1. The van der Waals surface area contributed by atoms with Gasteiger partial charge in [0, 0.05) is 24.9 Å². The molecule has 1 aromatic heterocycles. The van der Waals surface area contributed by atoms with Gasteiger partial charge in [0.15, 0.2) is 0 Å². The number of imidazole rings is 1. The fourth-order valence-electron chi connectivity index (χ4n) is 3.13. The molecule has 0 spiro atoms. The summed E-state index contributed by atoms with van der Waals surface area (Å²) in [5.74, 6) is 3.88. The first-order valence-electron chi connectivity index (χ1n) is 5.10. The van der Waals surface area contributed by atoms with Gasteiger partial charge in [-0.3, -0.25) is 0 Å². The normalized spacial score (nSPS) is 35.8. The van der Waals surface area contributed by atoms with E-state index < -0.39 is 0 Å². The molecule has 70 valence electrons. The second-order valence-electron chi connectivity index (χ2n) is 5.52. The van der Waals surface area contributed by atoms with Gasteiger partial charge in [-0.2, -0.15) is 0 Å². The zero-order valence-electron chi connectivity index (χ0n) is 8.49. The summed E-state index contributed by atoms with van der Waals surface area (Å²) in [5.41, 5.74) is 0.465. The quantitative estimate of drug-likeness (QED) is 0.593. The average Bonchev–Trinajstić information content (AvgIpc) is 2.39. The molecular formula is C11H16N2. The van der Waals surface area contributed by atoms with E-state index in [2.05, 4.69) is 36.5 Å². The first-order valence-corrected chi connectivity index (χ1v) is 5.10. The van der Waals surface area contributed by atoms with Gasteiger partial charge in [-0.25, -0.2) is 4.98 Å². The molecule has 1 fully saturated rings. The van der Waals surface area contributed by atoms with E-state index in [-0.39, 0.29) is 0 Å². The van der Waals surface area contributed by atoms with Crippen molar-refractivity contribution in [3.63, 3.8) is 0 Å². The minimum atomic E-state index is 0.465. The Balaban J connectivity index is 1.93. The fourth-order valence-corrected chi connectivity index (χ4v) is 3.13. The van der Waals surface area contributed by atoms with Gasteiger partial charge in [0.05, 0.1) is 0 Å². The third-order valence-electron chi connectivity index (χ3n) is 3.62. The number of hydrogen-bond acceptors (Lipinski definition) is 1. The maximum Gasteiger partial charge on any atom is 0.112 e. The number of hydrogen-bond donors (Lipinski definition) is 0. The van der Waals surface area contributed by atoms with Gasteiger partial charge in [0.2, 0.25) is 0 Å². The molecule has 1 saturated carbocycles. The lowest BCUT2D eigenvalue weighted by atomic mass is 9.87. The number of nitrogens with zero attached hydrogens (tertiary/aromatic N) is 2. The van der Waals surface area contributed by atoms with Crippen LogP contribution in [0.2, 0.25) is 0 Å². The van der Waals surface area contributed by atoms with Gasteiger partial charge in [-0.05, 0) is 17.3 Å². The summed E-state index contributed by atoms with van der Waals surface area (Å²) in [6, 6.07) is 0. The van der Waals surface area contributed by atoms with E-state index in [0.717, 1.165) is 17.8 Å². The van der Waals surface area contributed by atoms with Crippen molar-refractivity contribution in [2.24, 2.45) is 17.3 Å². The Bertz CT molecular complexity index is 345. The van der Waals surface area contributed by atoms with Crippen LogP contribution in [0.4, 0.5) is 0 Å². The zero-order chi connectivity index (χ0) is 9.22. The van der Waals surface area contributed by atoms with Crippen LogP contribution >= 0.6 is 0 Å². The van der Waals surface area contributed by atoms with Crippen molar-refractivity contribution in [2.45, 2.75) is 33.2 Å². The summed E-state index contributed by atoms with van der Waals surface area (Å²) >= 11 is 0. The van der Waals surface area contributed by atoms with Gasteiger partial charge >= 0.3 is 0 Å². The van der Waals surface area contributed by atoms with Crippen LogP contribution < -0.4 is 0 Å². The summed E-state index contributed by atoms with van der Waals surface area (Å²) in [7, 11) is 0. The van der Waals surface area contributed by atoms with Crippen LogP contribution in [-0.4, -0.2) is 9.55 Å². The number of fused-ring (bicyclic) bond motifs is 3. The van der Waals surface area contributed by atoms with Crippen LogP contribution in [0.25, 0.3) is 0 Å². The second-order valence-corrected chi connectivity index (χ2v) is 5.52. The number of rotatable bonds is 0. The average molecular weight is 176 g/mol. The maximum absolute atomic E-state index is 4.45. The molecular weight excluding hydrogens is 160 g/mol. The third-order valence-corrected chi connectivity index (χ3v) is 3.62. The maximum atomic E-state index is 4.45. The highest BCUT2D eigenvalue weighted by Crippen LogP contribution is 2.65. The summed E-state index contributed by atoms with van der Waals surface area (Å²) in [6.07, 6.45) is 4.05. The van der Waals surface area contributed by atoms with Crippen LogP contribution in [0.5, 0.6) is 0 Å². The van der Waals surface area contributed by atoms with E-state index in [1.54, 1.807) is 0 Å². The van der Waals surface area contributed by atoms with E-state index in [4.69, 9.17) is 0 Å². The van der Waals surface area contributed by atoms with Gasteiger partial charge in [-0.1, -0.05) is 20.8 Å². The lowest BCUT2D eigenvalue weighted by Gasteiger charge is -2.20. The van der Waals surface area contributed by atoms with Crippen molar-refractivity contribution in [1.82, 2.24) is 9.55 Å². The van der Waals surface area contributed by atoms with Crippen LogP contribution in [0.3, 0.4) is 0 Å². The molecule has 1 aromatic rings. The Hall–Kier alpha value is -0.790. The molecule has 1 unspecified atom stereocenters. The molecule has 2 heteroatoms. The van der Waals surface area contributed by atoms with Crippen LogP contribution in [-0.2, 0) is 6.54 Å². The number of aromatic nitrogens is 2. The summed E-state index contributed by atoms with van der Waals surface area (Å²) in [6.45, 7) is 8.26. The Morgan fingerprint density at radius 2 is 2.23 bits per heavy atom. The second kappa shape index (κ2) is 1.99. The van der Waals surface area contributed by atoms with E-state index in [1.807, 2.05) is 6.20 Å². The summed E-state index contributed by atoms with van der Waals surface area (Å²) < 4.78 is 2.32. The molecule has 2 nitrogen and oxygen atoms in total. The summed E-state index contributed by atoms with van der Waals surface area (Å²) in [5, 5.41) is 0. The van der Waals surface area contributed by atoms with Gasteiger partial charge in [0.1, 0.15) is 5.82 Å². The summed E-state index contributed by atoms with van der Waals surface area (Å²) in [4.78, 5) is 4.45. The molecule has 0 radical (unpaired) electrons. The lowest BCUT2D eigenvalue weighted by Crippen LogP contribution is -2.14. The van der Waals surface area contributed by atoms with Gasteiger partial charge < -0.3 is 4.57 Å². The van der Waals surface area contributed by atoms with Crippen molar-refractivity contribution in [1.29, 1.82) is 0 Å². The minimum absolute atomic E-state index is 0.465. The van der Waals surface area contributed by atoms with E-state index in [0.29, 0.717) is 5.41 Å². The highest BCUT2D eigenvalue weighted by Gasteiger charge is 2.61. The van der Waals surface area contributed by atoms with E-state index in [9.17, 15) is 0 Å². The topological polar surface area (TPSA) is 17.8 Å². The largest absolute Gasteiger partial charge is 0.334 e. The molecule has 3 atom stereocenters. The van der Waals surface area contributed by atoms with Crippen LogP contribution in [0.1, 0.15) is 32.5 Å². The predicted molar refractivity (Wildman–Crippen MR) is 51.4 cm³/mol. The molecule has 0 N–H and O–H groups in total. The Kier molecular flexibility index (Phi) is 1.17. The molecule has 0 aromatic carbocycles. The van der Waals surface area contributed by atoms with E-state index in [1.165, 1.54) is 12.4 Å². The third kappa shape index (κ3) is 0.862. The molecule has 1 aliphatic carbocycles. The van der Waals surface area contributed by atoms with Crippen LogP contribution in [0, 0.1) is 17.3 Å². The van der Waals surface area contributed by atoms with Crippen molar-refractivity contribution >= 4 is 0 Å². The lowest BCUT2D eigenvalue weighted by molar-refractivity contribution is 0.308. The molecule has 1 aliphatic heterocycles. The van der Waals surface area contributed by atoms with Crippen molar-refractivity contribution in [3.05, 3.63) is 18.2 Å². The Morgan fingerprint density at radius 3 is 2.92 bits per heavy atom. The first kappa shape index (κ1) is 7.60. The minimum Gasteiger partial charge on any atom is -0.334 e. The molecule has 2 aliphatic rings. The molecule has 0 amide bonds. The SMILES string of the molecule is CC(C)(C)C1[C@H]2Cn3ccnc3[C@@H]12. The first-order chi connectivity index (χ1) is 6.09. The van der Waals surface area contributed by atoms with Gasteiger partial charge in [-0.15, -0.1) is 0 Å². The highest BCUT2D eigenvalue weighted by molar-refractivity contribution is 5.24. The van der Waals surface area contributed by atoms with E-state index >= 15 is 0 Å². The van der Waals surface area contributed by atoms with Crippen molar-refractivity contribution in [3.8, 4) is 0 Å². The van der Waals surface area contributed by atoms with Crippen LogP contribution in [0.15, 0.2) is 12.4 Å². The smallest absolute Gasteiger partial charge is 0.112 e. The molecule has 3 rings (SSSR count). The molecule has 13 heavy (non-hydrogen) atoms. The predicted octanol–water partition coefficient (Wildman–Crippen LogP) is 2.27. The molecule has 2 heterocycles. The zero-order valence-corrected chi connectivity index (χ0v) is 8.49. The molecule has 0 saturated heterocycles. The molecule has 0 bridgehead atoms. The Labute approximate surface area is 79.0 Å². The monoisotopic (exact) mass is 176 g/mol. The van der Waals surface area contributed by atoms with Gasteiger partial charge in [0.25, 0.3) is 0 Å². The standard InChI is InChI=1S/C11H16N2/c1-11(2,3)9-7-6-13-5-4-12-10(13)8(7)9/h4-5,7-9H,6H2,1-3H3/t7-,8+,9?/m0/s1. The van der Waals surface area contributed by atoms with Crippen molar-refractivity contribution < 1.29 is 0 Å². The van der Waals surface area contributed by atoms with Crippen molar-refractivity contribution in [2.75, 3.05) is 0 Å². The fraction of sp³-hybridized carbons (Fsp3) is 0.727.